The molecule has 4 rings (SSSR count). The van der Waals surface area contributed by atoms with Crippen molar-refractivity contribution < 1.29 is 0 Å². The maximum Gasteiger partial charge on any atom is 0.0101 e. The van der Waals surface area contributed by atoms with Gasteiger partial charge >= 0.3 is 0 Å². The summed E-state index contributed by atoms with van der Waals surface area (Å²) in [6.07, 6.45) is 2.95. The lowest BCUT2D eigenvalue weighted by Gasteiger charge is -2.34. The minimum atomic E-state index is 0.889. The molecule has 0 amide bonds. The molecule has 2 aliphatic heterocycles. The van der Waals surface area contributed by atoms with Gasteiger partial charge in [0.25, 0.3) is 0 Å². The number of hydrogen-bond donors (Lipinski definition) is 1. The van der Waals surface area contributed by atoms with E-state index in [2.05, 4.69) is 19.2 Å². The second kappa shape index (κ2) is 1.82. The molecule has 2 saturated heterocycles. The highest BCUT2D eigenvalue weighted by Crippen LogP contribution is 2.54. The van der Waals surface area contributed by atoms with Crippen LogP contribution >= 0.6 is 0 Å². The van der Waals surface area contributed by atoms with Gasteiger partial charge in [0.05, 0.1) is 0 Å². The first-order valence-electron chi connectivity index (χ1n) is 5.03. The quantitative estimate of drug-likeness (QED) is 0.555. The fourth-order valence-electron chi connectivity index (χ4n) is 3.89. The van der Waals surface area contributed by atoms with Crippen molar-refractivity contribution in [2.75, 3.05) is 0 Å². The third-order valence-electron chi connectivity index (χ3n) is 4.65. The highest BCUT2D eigenvalue weighted by atomic mass is 15.0. The zero-order chi connectivity index (χ0) is 7.59. The van der Waals surface area contributed by atoms with Crippen molar-refractivity contribution in [2.24, 2.45) is 23.7 Å². The second-order valence-corrected chi connectivity index (χ2v) is 4.90. The van der Waals surface area contributed by atoms with Gasteiger partial charge in [0.2, 0.25) is 0 Å². The lowest BCUT2D eigenvalue weighted by atomic mass is 9.89. The van der Waals surface area contributed by atoms with Gasteiger partial charge in [-0.05, 0) is 36.5 Å². The van der Waals surface area contributed by atoms with Gasteiger partial charge in [-0.3, -0.25) is 0 Å². The Hall–Kier alpha value is -0.0400. The standard InChI is InChI=1S/C10H17N/c1-5-7-3-10-6(2)8(7)4-9(5)11-10/h5-11H,3-4H2,1-2H3. The molecule has 11 heavy (non-hydrogen) atoms. The second-order valence-electron chi connectivity index (χ2n) is 4.90. The van der Waals surface area contributed by atoms with Gasteiger partial charge in [-0.15, -0.1) is 0 Å². The topological polar surface area (TPSA) is 12.0 Å². The molecule has 4 fully saturated rings. The molecule has 0 aromatic carbocycles. The minimum Gasteiger partial charge on any atom is -0.311 e. The zero-order valence-electron chi connectivity index (χ0n) is 7.38. The van der Waals surface area contributed by atoms with E-state index in [1.54, 1.807) is 0 Å². The number of rotatable bonds is 0. The molecule has 4 aliphatic rings. The maximum absolute atomic E-state index is 3.77. The molecular weight excluding hydrogens is 134 g/mol. The third kappa shape index (κ3) is 0.618. The zero-order valence-corrected chi connectivity index (χ0v) is 7.38. The molecule has 1 N–H and O–H groups in total. The van der Waals surface area contributed by atoms with Gasteiger partial charge in [-0.1, -0.05) is 13.8 Å². The Kier molecular flexibility index (Phi) is 1.07. The van der Waals surface area contributed by atoms with Gasteiger partial charge in [0.1, 0.15) is 0 Å². The fraction of sp³-hybridized carbons (Fsp3) is 1.00. The fourth-order valence-corrected chi connectivity index (χ4v) is 3.89. The van der Waals surface area contributed by atoms with Crippen molar-refractivity contribution in [3.05, 3.63) is 0 Å². The molecule has 6 atom stereocenters. The predicted molar refractivity (Wildman–Crippen MR) is 45.3 cm³/mol. The summed E-state index contributed by atoms with van der Waals surface area (Å²) in [7, 11) is 0. The van der Waals surface area contributed by atoms with Gasteiger partial charge in [-0.2, -0.15) is 0 Å². The van der Waals surface area contributed by atoms with Crippen LogP contribution in [-0.2, 0) is 0 Å². The highest BCUT2D eigenvalue weighted by molar-refractivity contribution is 5.09. The van der Waals surface area contributed by atoms with Crippen LogP contribution in [0.3, 0.4) is 0 Å². The van der Waals surface area contributed by atoms with Crippen LogP contribution in [0.5, 0.6) is 0 Å². The van der Waals surface area contributed by atoms with E-state index in [0.717, 1.165) is 35.8 Å². The summed E-state index contributed by atoms with van der Waals surface area (Å²) in [6, 6.07) is 1.78. The van der Waals surface area contributed by atoms with Crippen LogP contribution in [0.25, 0.3) is 0 Å². The molecule has 4 bridgehead atoms. The smallest absolute Gasteiger partial charge is 0.0101 e. The van der Waals surface area contributed by atoms with E-state index in [9.17, 15) is 0 Å². The van der Waals surface area contributed by atoms with Gasteiger partial charge in [0.15, 0.2) is 0 Å². The van der Waals surface area contributed by atoms with Crippen molar-refractivity contribution in [3.63, 3.8) is 0 Å². The van der Waals surface area contributed by atoms with E-state index in [-0.39, 0.29) is 0 Å². The molecule has 6 unspecified atom stereocenters. The number of piperidine rings is 2. The van der Waals surface area contributed by atoms with Crippen LogP contribution in [0, 0.1) is 23.7 Å². The van der Waals surface area contributed by atoms with Crippen molar-refractivity contribution in [2.45, 2.75) is 38.8 Å². The van der Waals surface area contributed by atoms with Crippen molar-refractivity contribution in [1.29, 1.82) is 0 Å². The summed E-state index contributed by atoms with van der Waals surface area (Å²) in [5, 5.41) is 3.77. The average molecular weight is 151 g/mol. The lowest BCUT2D eigenvalue weighted by Crippen LogP contribution is -2.48. The Bertz CT molecular complexity index is 165. The highest BCUT2D eigenvalue weighted by Gasteiger charge is 2.55. The van der Waals surface area contributed by atoms with Crippen LogP contribution in [0.1, 0.15) is 26.7 Å². The minimum absolute atomic E-state index is 0.889. The van der Waals surface area contributed by atoms with E-state index in [0.29, 0.717) is 0 Å². The Balaban J connectivity index is 1.99. The molecule has 0 spiro atoms. The van der Waals surface area contributed by atoms with E-state index in [1.807, 2.05) is 0 Å². The lowest BCUT2D eigenvalue weighted by molar-refractivity contribution is 0.232. The van der Waals surface area contributed by atoms with Crippen molar-refractivity contribution >= 4 is 0 Å². The third-order valence-corrected chi connectivity index (χ3v) is 4.65. The molecule has 2 aliphatic carbocycles. The monoisotopic (exact) mass is 151 g/mol. The predicted octanol–water partition coefficient (Wildman–Crippen LogP) is 1.64. The van der Waals surface area contributed by atoms with Crippen molar-refractivity contribution in [3.8, 4) is 0 Å². The van der Waals surface area contributed by atoms with E-state index < -0.39 is 0 Å². The van der Waals surface area contributed by atoms with Crippen LogP contribution in [-0.4, -0.2) is 12.1 Å². The summed E-state index contributed by atoms with van der Waals surface area (Å²) < 4.78 is 0. The molecule has 62 valence electrons. The van der Waals surface area contributed by atoms with Crippen molar-refractivity contribution in [1.82, 2.24) is 5.32 Å². The molecule has 0 aromatic heterocycles. The van der Waals surface area contributed by atoms with E-state index in [4.69, 9.17) is 0 Å². The number of nitrogens with one attached hydrogen (secondary N) is 1. The molecule has 2 heterocycles. The average Bonchev–Trinajstić information content (AvgIpc) is 2.37. The van der Waals surface area contributed by atoms with Gasteiger partial charge in [0, 0.05) is 12.1 Å². The van der Waals surface area contributed by atoms with E-state index >= 15 is 0 Å². The molecule has 2 saturated carbocycles. The Morgan fingerprint density at radius 1 is 0.909 bits per heavy atom. The summed E-state index contributed by atoms with van der Waals surface area (Å²) >= 11 is 0. The van der Waals surface area contributed by atoms with Crippen LogP contribution in [0.4, 0.5) is 0 Å². The molecular formula is C10H17N. The Labute approximate surface area is 68.6 Å². The Morgan fingerprint density at radius 3 is 1.82 bits per heavy atom. The summed E-state index contributed by atoms with van der Waals surface area (Å²) in [6.45, 7) is 4.88. The van der Waals surface area contributed by atoms with Crippen LogP contribution < -0.4 is 5.32 Å². The number of hydrogen-bond acceptors (Lipinski definition) is 1. The normalized spacial score (nSPS) is 66.0. The molecule has 1 heteroatoms. The summed E-state index contributed by atoms with van der Waals surface area (Å²) in [5.41, 5.74) is 0. The summed E-state index contributed by atoms with van der Waals surface area (Å²) in [5.74, 6) is 4.12. The van der Waals surface area contributed by atoms with E-state index in [1.165, 1.54) is 12.8 Å². The summed E-state index contributed by atoms with van der Waals surface area (Å²) in [4.78, 5) is 0. The first-order valence-corrected chi connectivity index (χ1v) is 5.03. The Morgan fingerprint density at radius 2 is 1.36 bits per heavy atom. The molecule has 0 radical (unpaired) electrons. The van der Waals surface area contributed by atoms with Gasteiger partial charge in [-0.25, -0.2) is 0 Å². The molecule has 1 nitrogen and oxygen atoms in total. The largest absolute Gasteiger partial charge is 0.311 e. The first-order chi connectivity index (χ1) is 5.27. The van der Waals surface area contributed by atoms with Crippen LogP contribution in [0.15, 0.2) is 0 Å². The van der Waals surface area contributed by atoms with Crippen LogP contribution in [0.2, 0.25) is 0 Å². The van der Waals surface area contributed by atoms with Gasteiger partial charge < -0.3 is 5.32 Å². The maximum atomic E-state index is 3.77. The first kappa shape index (κ1) is 6.47. The SMILES string of the molecule is CC1C2CC3C(C)C(CC13)N2. The molecule has 0 aromatic rings.